The van der Waals surface area contributed by atoms with E-state index in [2.05, 4.69) is 10.4 Å². The zero-order chi connectivity index (χ0) is 20.6. The minimum absolute atomic E-state index is 0.295. The van der Waals surface area contributed by atoms with Crippen LogP contribution < -0.4 is 5.32 Å². The first kappa shape index (κ1) is 20.5. The van der Waals surface area contributed by atoms with E-state index in [4.69, 9.17) is 4.74 Å². The Kier molecular flexibility index (Phi) is 6.97. The van der Waals surface area contributed by atoms with Crippen LogP contribution in [0, 0.1) is 5.92 Å². The van der Waals surface area contributed by atoms with E-state index in [1.165, 1.54) is 6.08 Å². The van der Waals surface area contributed by atoms with Crippen LogP contribution in [0.15, 0.2) is 60.1 Å². The van der Waals surface area contributed by atoms with Crippen LogP contribution in [0.5, 0.6) is 0 Å². The fourth-order valence-electron chi connectivity index (χ4n) is 2.54. The van der Waals surface area contributed by atoms with Gasteiger partial charge >= 0.3 is 5.97 Å². The second-order valence-electron chi connectivity index (χ2n) is 6.83. The van der Waals surface area contributed by atoms with E-state index in [0.717, 1.165) is 21.8 Å². The number of benzene rings is 1. The van der Waals surface area contributed by atoms with Gasteiger partial charge in [0.25, 0.3) is 5.91 Å². The summed E-state index contributed by atoms with van der Waals surface area (Å²) in [4.78, 5) is 24.7. The molecule has 0 bridgehead atoms. The topological polar surface area (TPSA) is 73.2 Å². The third kappa shape index (κ3) is 5.89. The molecule has 3 aromatic rings. The van der Waals surface area contributed by atoms with E-state index >= 15 is 0 Å². The van der Waals surface area contributed by atoms with Gasteiger partial charge in [0.15, 0.2) is 6.61 Å². The Labute approximate surface area is 173 Å². The first-order valence-electron chi connectivity index (χ1n) is 9.33. The maximum atomic E-state index is 12.0. The van der Waals surface area contributed by atoms with E-state index < -0.39 is 5.97 Å². The average Bonchev–Trinajstić information content (AvgIpc) is 3.39. The first-order valence-corrected chi connectivity index (χ1v) is 10.2. The van der Waals surface area contributed by atoms with Crippen LogP contribution >= 0.6 is 11.3 Å². The van der Waals surface area contributed by atoms with Crippen molar-refractivity contribution in [3.05, 3.63) is 65.7 Å². The molecule has 2 aromatic heterocycles. The van der Waals surface area contributed by atoms with Gasteiger partial charge in [-0.25, -0.2) is 9.48 Å². The summed E-state index contributed by atoms with van der Waals surface area (Å²) < 4.78 is 6.79. The maximum Gasteiger partial charge on any atom is 0.331 e. The van der Waals surface area contributed by atoms with Gasteiger partial charge in [0.2, 0.25) is 0 Å². The van der Waals surface area contributed by atoms with Crippen LogP contribution in [0.3, 0.4) is 0 Å². The van der Waals surface area contributed by atoms with Crippen molar-refractivity contribution in [2.24, 2.45) is 5.92 Å². The highest BCUT2D eigenvalue weighted by molar-refractivity contribution is 7.13. The van der Waals surface area contributed by atoms with Gasteiger partial charge in [-0.05, 0) is 35.6 Å². The summed E-state index contributed by atoms with van der Waals surface area (Å²) >= 11 is 1.58. The van der Waals surface area contributed by atoms with Crippen LogP contribution in [0.25, 0.3) is 22.3 Å². The number of ether oxygens (including phenoxy) is 1. The van der Waals surface area contributed by atoms with Crippen LogP contribution in [-0.4, -0.2) is 34.8 Å². The summed E-state index contributed by atoms with van der Waals surface area (Å²) in [6.07, 6.45) is 4.85. The summed E-state index contributed by atoms with van der Waals surface area (Å²) in [6, 6.07) is 13.7. The number of thiophene rings is 1. The molecule has 0 spiro atoms. The molecular formula is C22H23N3O3S. The van der Waals surface area contributed by atoms with E-state index in [1.807, 2.05) is 67.9 Å². The normalized spacial score (nSPS) is 11.1. The number of aromatic nitrogens is 2. The number of carbonyl (C=O) groups excluding carboxylic acids is 2. The molecule has 0 atom stereocenters. The van der Waals surface area contributed by atoms with E-state index in [1.54, 1.807) is 22.1 Å². The van der Waals surface area contributed by atoms with E-state index in [-0.39, 0.29) is 12.5 Å². The maximum absolute atomic E-state index is 12.0. The van der Waals surface area contributed by atoms with Crippen molar-refractivity contribution in [1.82, 2.24) is 15.1 Å². The largest absolute Gasteiger partial charge is 0.452 e. The molecule has 0 aliphatic heterocycles. The highest BCUT2D eigenvalue weighted by Crippen LogP contribution is 2.28. The fraction of sp³-hybridized carbons (Fsp3) is 0.227. The number of para-hydroxylation sites is 1. The predicted octanol–water partition coefficient (Wildman–Crippen LogP) is 3.93. The number of carbonyl (C=O) groups is 2. The molecule has 0 aliphatic carbocycles. The van der Waals surface area contributed by atoms with Gasteiger partial charge in [0, 0.05) is 24.4 Å². The first-order chi connectivity index (χ1) is 14.0. The minimum atomic E-state index is -0.575. The zero-order valence-electron chi connectivity index (χ0n) is 16.4. The Morgan fingerprint density at radius 3 is 2.69 bits per heavy atom. The monoisotopic (exact) mass is 409 g/mol. The van der Waals surface area contributed by atoms with E-state index in [9.17, 15) is 9.59 Å². The summed E-state index contributed by atoms with van der Waals surface area (Å²) in [5.74, 6) is -0.544. The molecule has 6 nitrogen and oxygen atoms in total. The van der Waals surface area contributed by atoms with Gasteiger partial charge in [-0.2, -0.15) is 5.10 Å². The standard InChI is InChI=1S/C22H23N3O3S/c1-16(2)13-23-20(26)15-28-21(27)11-10-17-14-25(18-7-4-3-5-8-18)24-22(17)19-9-6-12-29-19/h3-12,14,16H,13,15H2,1-2H3,(H,23,26)/b11-10+. The number of rotatable bonds is 8. The van der Waals surface area contributed by atoms with Gasteiger partial charge in [-0.1, -0.05) is 38.1 Å². The van der Waals surface area contributed by atoms with Gasteiger partial charge in [-0.15, -0.1) is 11.3 Å². The molecule has 0 aliphatic rings. The number of nitrogens with zero attached hydrogens (tertiary/aromatic N) is 2. The molecule has 29 heavy (non-hydrogen) atoms. The number of nitrogens with one attached hydrogen (secondary N) is 1. The molecule has 0 unspecified atom stereocenters. The van der Waals surface area contributed by atoms with Gasteiger partial charge in [-0.3, -0.25) is 4.79 Å². The molecular weight excluding hydrogens is 386 g/mol. The second kappa shape index (κ2) is 9.84. The quantitative estimate of drug-likeness (QED) is 0.452. The van der Waals surface area contributed by atoms with Crippen molar-refractivity contribution >= 4 is 29.3 Å². The fourth-order valence-corrected chi connectivity index (χ4v) is 3.27. The lowest BCUT2D eigenvalue weighted by Gasteiger charge is -2.07. The molecule has 0 saturated carbocycles. The Balaban J connectivity index is 1.71. The molecule has 3 rings (SSSR count). The van der Waals surface area contributed by atoms with E-state index in [0.29, 0.717) is 12.5 Å². The molecule has 0 saturated heterocycles. The molecule has 150 valence electrons. The van der Waals surface area contributed by atoms with Crippen LogP contribution in [0.1, 0.15) is 19.4 Å². The molecule has 0 fully saturated rings. The Hall–Kier alpha value is -3.19. The van der Waals surface area contributed by atoms with Crippen molar-refractivity contribution in [2.45, 2.75) is 13.8 Å². The summed E-state index contributed by atoms with van der Waals surface area (Å²) in [5.41, 5.74) is 2.49. The Morgan fingerprint density at radius 2 is 2.00 bits per heavy atom. The number of hydrogen-bond donors (Lipinski definition) is 1. The predicted molar refractivity (Wildman–Crippen MR) is 115 cm³/mol. The lowest BCUT2D eigenvalue weighted by Crippen LogP contribution is -2.31. The summed E-state index contributed by atoms with van der Waals surface area (Å²) in [6.45, 7) is 4.25. The molecule has 1 amide bonds. The Bertz CT molecular complexity index is 976. The molecule has 2 heterocycles. The minimum Gasteiger partial charge on any atom is -0.452 e. The second-order valence-corrected chi connectivity index (χ2v) is 7.78. The van der Waals surface area contributed by atoms with Gasteiger partial charge < -0.3 is 10.1 Å². The van der Waals surface area contributed by atoms with Crippen LogP contribution in [0.2, 0.25) is 0 Å². The van der Waals surface area contributed by atoms with Crippen molar-refractivity contribution in [3.8, 4) is 16.3 Å². The third-order valence-electron chi connectivity index (χ3n) is 3.97. The lowest BCUT2D eigenvalue weighted by atomic mass is 10.2. The number of hydrogen-bond acceptors (Lipinski definition) is 5. The van der Waals surface area contributed by atoms with Crippen molar-refractivity contribution < 1.29 is 14.3 Å². The lowest BCUT2D eigenvalue weighted by molar-refractivity contribution is -0.143. The van der Waals surface area contributed by atoms with Crippen molar-refractivity contribution in [1.29, 1.82) is 0 Å². The molecule has 0 radical (unpaired) electrons. The highest BCUT2D eigenvalue weighted by atomic mass is 32.1. The van der Waals surface area contributed by atoms with Crippen molar-refractivity contribution in [3.63, 3.8) is 0 Å². The number of esters is 1. The summed E-state index contributed by atoms with van der Waals surface area (Å²) in [5, 5.41) is 9.36. The average molecular weight is 410 g/mol. The molecule has 1 N–H and O–H groups in total. The Morgan fingerprint density at radius 1 is 1.21 bits per heavy atom. The molecule has 7 heteroatoms. The molecule has 1 aromatic carbocycles. The van der Waals surface area contributed by atoms with Crippen molar-refractivity contribution in [2.75, 3.05) is 13.2 Å². The highest BCUT2D eigenvalue weighted by Gasteiger charge is 2.12. The number of amides is 1. The zero-order valence-corrected chi connectivity index (χ0v) is 17.2. The summed E-state index contributed by atoms with van der Waals surface area (Å²) in [7, 11) is 0. The third-order valence-corrected chi connectivity index (χ3v) is 4.85. The van der Waals surface area contributed by atoms with Crippen LogP contribution in [-0.2, 0) is 14.3 Å². The van der Waals surface area contributed by atoms with Gasteiger partial charge in [0.1, 0.15) is 5.69 Å². The smallest absolute Gasteiger partial charge is 0.331 e. The van der Waals surface area contributed by atoms with Gasteiger partial charge in [0.05, 0.1) is 10.6 Å². The van der Waals surface area contributed by atoms with Crippen LogP contribution in [0.4, 0.5) is 0 Å². The SMILES string of the molecule is CC(C)CNC(=O)COC(=O)/C=C/c1cn(-c2ccccc2)nc1-c1cccs1.